The Kier molecular flexibility index (Phi) is 6.37. The molecule has 1 aliphatic rings. The number of pyridine rings is 1. The Balaban J connectivity index is 1.44. The van der Waals surface area contributed by atoms with Gasteiger partial charge in [0, 0.05) is 29.0 Å². The molecule has 0 spiro atoms. The van der Waals surface area contributed by atoms with E-state index >= 15 is 0 Å². The summed E-state index contributed by atoms with van der Waals surface area (Å²) in [6.45, 7) is 7.83. The fourth-order valence-electron chi connectivity index (χ4n) is 3.38. The molecule has 1 aliphatic heterocycles. The fourth-order valence-corrected chi connectivity index (χ4v) is 3.38. The van der Waals surface area contributed by atoms with Crippen LogP contribution in [-0.4, -0.2) is 29.2 Å². The normalized spacial score (nSPS) is 16.7. The van der Waals surface area contributed by atoms with Crippen molar-refractivity contribution in [3.63, 3.8) is 0 Å². The van der Waals surface area contributed by atoms with Crippen LogP contribution in [0.25, 0.3) is 0 Å². The molecule has 0 bridgehead atoms. The highest BCUT2D eigenvalue weighted by Crippen LogP contribution is 2.37. The first-order valence-corrected chi connectivity index (χ1v) is 10.9. The van der Waals surface area contributed by atoms with Gasteiger partial charge in [-0.2, -0.15) is 13.2 Å². The number of nitrogens with zero attached hydrogens (tertiary/aromatic N) is 1. The summed E-state index contributed by atoms with van der Waals surface area (Å²) in [6, 6.07) is 15.5. The van der Waals surface area contributed by atoms with Crippen LogP contribution in [0, 0.1) is 0 Å². The second-order valence-corrected chi connectivity index (χ2v) is 9.14. The largest absolute Gasteiger partial charge is 0.496 e. The van der Waals surface area contributed by atoms with Gasteiger partial charge in [0.15, 0.2) is 0 Å². The van der Waals surface area contributed by atoms with Crippen LogP contribution in [0.4, 0.5) is 18.9 Å². The summed E-state index contributed by atoms with van der Waals surface area (Å²) in [6.07, 6.45) is -3.77. The molecule has 1 fully saturated rings. The minimum absolute atomic E-state index is 0.00606. The van der Waals surface area contributed by atoms with Crippen molar-refractivity contribution in [1.29, 1.82) is 0 Å². The highest BCUT2D eigenvalue weighted by Gasteiger charge is 2.52. The van der Waals surface area contributed by atoms with Crippen molar-refractivity contribution in [2.75, 3.05) is 5.32 Å². The molecule has 1 amide bonds. The molecular formula is C25H24BF3N2O4. The molecule has 2 aromatic carbocycles. The van der Waals surface area contributed by atoms with Gasteiger partial charge in [0.1, 0.15) is 5.75 Å². The number of carbonyl (C=O) groups is 1. The molecule has 0 aliphatic carbocycles. The van der Waals surface area contributed by atoms with Crippen LogP contribution in [0.5, 0.6) is 11.6 Å². The van der Waals surface area contributed by atoms with Gasteiger partial charge in [-0.25, -0.2) is 4.98 Å². The molecule has 10 heteroatoms. The van der Waals surface area contributed by atoms with Crippen molar-refractivity contribution in [3.8, 4) is 11.6 Å². The van der Waals surface area contributed by atoms with E-state index in [0.717, 1.165) is 12.1 Å². The number of nitrogens with one attached hydrogen (secondary N) is 1. The third-order valence-corrected chi connectivity index (χ3v) is 6.12. The highest BCUT2D eigenvalue weighted by molar-refractivity contribution is 6.64. The smallest absolute Gasteiger partial charge is 0.439 e. The summed E-state index contributed by atoms with van der Waals surface area (Å²) in [4.78, 5) is 16.6. The van der Waals surface area contributed by atoms with E-state index in [2.05, 4.69) is 10.3 Å². The highest BCUT2D eigenvalue weighted by atomic mass is 19.4. The Bertz CT molecular complexity index is 1200. The summed E-state index contributed by atoms with van der Waals surface area (Å²) in [5, 5.41) is 2.89. The molecule has 1 N–H and O–H groups in total. The SMILES string of the molecule is CC1(C)OB(c2ccccc2NC(=O)c2ccc(Oc3ccc(C(F)(F)F)cn3)cc2)OC1(C)C. The molecule has 4 rings (SSSR count). The molecule has 2 heterocycles. The number of alkyl halides is 3. The third kappa shape index (κ3) is 5.33. The van der Waals surface area contributed by atoms with E-state index in [1.165, 1.54) is 12.1 Å². The van der Waals surface area contributed by atoms with Crippen molar-refractivity contribution in [2.45, 2.75) is 45.1 Å². The van der Waals surface area contributed by atoms with Gasteiger partial charge in [-0.15, -0.1) is 0 Å². The Morgan fingerprint density at radius 3 is 2.14 bits per heavy atom. The van der Waals surface area contributed by atoms with Crippen molar-refractivity contribution < 1.29 is 32.0 Å². The lowest BCUT2D eigenvalue weighted by Crippen LogP contribution is -2.41. The molecular weight excluding hydrogens is 460 g/mol. The van der Waals surface area contributed by atoms with Crippen LogP contribution in [0.3, 0.4) is 0 Å². The third-order valence-electron chi connectivity index (χ3n) is 6.12. The maximum atomic E-state index is 12.9. The molecule has 35 heavy (non-hydrogen) atoms. The fraction of sp³-hybridized carbons (Fsp3) is 0.280. The number of amides is 1. The van der Waals surface area contributed by atoms with Crippen molar-refractivity contribution in [1.82, 2.24) is 4.98 Å². The van der Waals surface area contributed by atoms with Gasteiger partial charge in [-0.05, 0) is 64.1 Å². The van der Waals surface area contributed by atoms with Crippen LogP contribution < -0.4 is 15.5 Å². The number of aromatic nitrogens is 1. The molecule has 1 saturated heterocycles. The van der Waals surface area contributed by atoms with Gasteiger partial charge in [0.05, 0.1) is 16.8 Å². The van der Waals surface area contributed by atoms with E-state index in [1.807, 2.05) is 39.8 Å². The number of anilines is 1. The minimum atomic E-state index is -4.47. The first-order chi connectivity index (χ1) is 16.4. The molecule has 0 atom stereocenters. The lowest BCUT2D eigenvalue weighted by molar-refractivity contribution is -0.137. The zero-order valence-corrected chi connectivity index (χ0v) is 19.6. The second kappa shape index (κ2) is 9.01. The van der Waals surface area contributed by atoms with Crippen LogP contribution in [-0.2, 0) is 15.5 Å². The Hall–Kier alpha value is -3.37. The van der Waals surface area contributed by atoms with E-state index in [9.17, 15) is 18.0 Å². The number of para-hydroxylation sites is 1. The summed E-state index contributed by atoms with van der Waals surface area (Å²) in [5.41, 5.74) is -0.281. The zero-order valence-electron chi connectivity index (χ0n) is 19.6. The molecule has 0 unspecified atom stereocenters. The van der Waals surface area contributed by atoms with Crippen LogP contribution in [0.2, 0.25) is 0 Å². The predicted molar refractivity (Wildman–Crippen MR) is 126 cm³/mol. The molecule has 1 aromatic heterocycles. The lowest BCUT2D eigenvalue weighted by atomic mass is 9.77. The number of hydrogen-bond donors (Lipinski definition) is 1. The van der Waals surface area contributed by atoms with E-state index in [1.54, 1.807) is 24.3 Å². The summed E-state index contributed by atoms with van der Waals surface area (Å²) >= 11 is 0. The first-order valence-electron chi connectivity index (χ1n) is 10.9. The molecule has 6 nitrogen and oxygen atoms in total. The van der Waals surface area contributed by atoms with Gasteiger partial charge in [-0.3, -0.25) is 4.79 Å². The van der Waals surface area contributed by atoms with E-state index in [-0.39, 0.29) is 11.8 Å². The summed E-state index contributed by atoms with van der Waals surface area (Å²) in [5.74, 6) is -0.0221. The Labute approximate surface area is 201 Å². The quantitative estimate of drug-likeness (QED) is 0.489. The van der Waals surface area contributed by atoms with E-state index in [0.29, 0.717) is 28.7 Å². The van der Waals surface area contributed by atoms with Gasteiger partial charge < -0.3 is 19.4 Å². The van der Waals surface area contributed by atoms with Gasteiger partial charge in [0.2, 0.25) is 5.88 Å². The first kappa shape index (κ1) is 24.7. The number of halogens is 3. The number of hydrogen-bond acceptors (Lipinski definition) is 5. The van der Waals surface area contributed by atoms with Crippen molar-refractivity contribution in [2.24, 2.45) is 0 Å². The predicted octanol–water partition coefficient (Wildman–Crippen LogP) is 5.44. The topological polar surface area (TPSA) is 69.7 Å². The summed E-state index contributed by atoms with van der Waals surface area (Å²) < 4.78 is 55.7. The maximum Gasteiger partial charge on any atom is 0.496 e. The van der Waals surface area contributed by atoms with E-state index < -0.39 is 30.1 Å². The van der Waals surface area contributed by atoms with E-state index in [4.69, 9.17) is 14.0 Å². The Morgan fingerprint density at radius 2 is 1.57 bits per heavy atom. The molecule has 3 aromatic rings. The zero-order chi connectivity index (χ0) is 25.4. The van der Waals surface area contributed by atoms with Crippen molar-refractivity contribution in [3.05, 3.63) is 78.0 Å². The molecule has 0 radical (unpaired) electrons. The Morgan fingerprint density at radius 1 is 0.943 bits per heavy atom. The molecule has 182 valence electrons. The second-order valence-electron chi connectivity index (χ2n) is 9.14. The average Bonchev–Trinajstić information content (AvgIpc) is 3.01. The van der Waals surface area contributed by atoms with Gasteiger partial charge >= 0.3 is 13.3 Å². The molecule has 0 saturated carbocycles. The van der Waals surface area contributed by atoms with Crippen LogP contribution in [0.15, 0.2) is 66.9 Å². The van der Waals surface area contributed by atoms with Gasteiger partial charge in [-0.1, -0.05) is 18.2 Å². The van der Waals surface area contributed by atoms with Crippen LogP contribution in [0.1, 0.15) is 43.6 Å². The lowest BCUT2D eigenvalue weighted by Gasteiger charge is -2.32. The average molecular weight is 484 g/mol. The van der Waals surface area contributed by atoms with Gasteiger partial charge in [0.25, 0.3) is 5.91 Å². The maximum absolute atomic E-state index is 12.9. The number of benzene rings is 2. The standard InChI is InChI=1S/C25H24BF3N2O4/c1-23(2)24(3,4)35-26(34-23)19-7-5-6-8-20(19)31-22(32)16-9-12-18(13-10-16)33-21-14-11-17(15-30-21)25(27,28)29/h5-15H,1-4H3,(H,31,32). The van der Waals surface area contributed by atoms with Crippen molar-refractivity contribution >= 4 is 24.2 Å². The summed E-state index contributed by atoms with van der Waals surface area (Å²) in [7, 11) is -0.636. The number of carbonyl (C=O) groups excluding carboxylic acids is 1. The minimum Gasteiger partial charge on any atom is -0.439 e. The monoisotopic (exact) mass is 484 g/mol. The number of rotatable bonds is 5. The van der Waals surface area contributed by atoms with Crippen LogP contribution >= 0.6 is 0 Å². The number of ether oxygens (including phenoxy) is 1.